The number of fused-ring (bicyclic) bond motifs is 2. The summed E-state index contributed by atoms with van der Waals surface area (Å²) in [4.78, 5) is 17.9. The Bertz CT molecular complexity index is 497. The first-order valence-electron chi connectivity index (χ1n) is 7.02. The van der Waals surface area contributed by atoms with E-state index in [4.69, 9.17) is 5.73 Å². The van der Waals surface area contributed by atoms with Crippen molar-refractivity contribution in [2.24, 2.45) is 23.5 Å². The lowest BCUT2D eigenvalue weighted by Gasteiger charge is -2.26. The molecule has 19 heavy (non-hydrogen) atoms. The fraction of sp³-hybridized carbons (Fsp3) is 0.714. The monoisotopic (exact) mass is 279 g/mol. The minimum atomic E-state index is 0.0353. The number of aryl methyl sites for hydroxylation is 2. The first-order valence-corrected chi connectivity index (χ1v) is 7.84. The highest BCUT2D eigenvalue weighted by atomic mass is 32.1. The Kier molecular flexibility index (Phi) is 3.35. The van der Waals surface area contributed by atoms with Crippen molar-refractivity contribution in [3.8, 4) is 0 Å². The third-order valence-corrected chi connectivity index (χ3v) is 5.78. The fourth-order valence-corrected chi connectivity index (χ4v) is 4.62. The number of rotatable bonds is 3. The van der Waals surface area contributed by atoms with Crippen molar-refractivity contribution in [1.82, 2.24) is 10.3 Å². The van der Waals surface area contributed by atoms with Gasteiger partial charge in [-0.25, -0.2) is 4.98 Å². The number of nitrogens with one attached hydrogen (secondary N) is 1. The summed E-state index contributed by atoms with van der Waals surface area (Å²) in [5.41, 5.74) is 7.23. The molecule has 0 aliphatic heterocycles. The molecule has 2 aliphatic carbocycles. The molecule has 1 aromatic rings. The summed E-state index contributed by atoms with van der Waals surface area (Å²) in [7, 11) is 0. The summed E-state index contributed by atoms with van der Waals surface area (Å²) in [6, 6.07) is 0.0723. The smallest absolute Gasteiger partial charge is 0.225 e. The second kappa shape index (κ2) is 4.87. The predicted molar refractivity (Wildman–Crippen MR) is 75.7 cm³/mol. The van der Waals surface area contributed by atoms with E-state index in [2.05, 4.69) is 10.3 Å². The molecule has 5 heteroatoms. The van der Waals surface area contributed by atoms with Crippen molar-refractivity contribution in [3.63, 3.8) is 0 Å². The Morgan fingerprint density at radius 3 is 2.74 bits per heavy atom. The molecule has 3 rings (SSSR count). The van der Waals surface area contributed by atoms with Crippen LogP contribution in [0.3, 0.4) is 0 Å². The van der Waals surface area contributed by atoms with Gasteiger partial charge in [0.1, 0.15) is 0 Å². The third kappa shape index (κ3) is 2.30. The summed E-state index contributed by atoms with van der Waals surface area (Å²) in [6.45, 7) is 4.58. The summed E-state index contributed by atoms with van der Waals surface area (Å²) in [5, 5.41) is 4.12. The van der Waals surface area contributed by atoms with Crippen LogP contribution in [0.1, 0.15) is 34.8 Å². The van der Waals surface area contributed by atoms with E-state index in [1.54, 1.807) is 11.3 Å². The van der Waals surface area contributed by atoms with Crippen molar-refractivity contribution in [3.05, 3.63) is 15.6 Å². The van der Waals surface area contributed by atoms with Crippen LogP contribution in [0.5, 0.6) is 0 Å². The van der Waals surface area contributed by atoms with Crippen molar-refractivity contribution in [2.45, 2.75) is 45.7 Å². The molecule has 1 aromatic heterocycles. The molecule has 0 aromatic carbocycles. The number of amides is 1. The van der Waals surface area contributed by atoms with Gasteiger partial charge in [0.2, 0.25) is 5.91 Å². The number of carbonyl (C=O) groups excluding carboxylic acids is 1. The molecule has 3 N–H and O–H groups in total. The average Bonchev–Trinajstić information content (AvgIpc) is 3.01. The van der Waals surface area contributed by atoms with Gasteiger partial charge in [0.15, 0.2) is 0 Å². The lowest BCUT2D eigenvalue weighted by atomic mass is 9.84. The van der Waals surface area contributed by atoms with Crippen LogP contribution in [0.25, 0.3) is 0 Å². The Balaban J connectivity index is 1.61. The van der Waals surface area contributed by atoms with E-state index in [0.717, 1.165) is 22.0 Å². The molecule has 1 amide bonds. The van der Waals surface area contributed by atoms with Crippen molar-refractivity contribution < 1.29 is 4.79 Å². The fourth-order valence-electron chi connectivity index (χ4n) is 3.75. The molecular weight excluding hydrogens is 258 g/mol. The van der Waals surface area contributed by atoms with Crippen molar-refractivity contribution in [1.29, 1.82) is 0 Å². The normalized spacial score (nSPS) is 32.8. The van der Waals surface area contributed by atoms with E-state index in [-0.39, 0.29) is 17.9 Å². The molecule has 4 atom stereocenters. The summed E-state index contributed by atoms with van der Waals surface area (Å²) in [5.74, 6) is 1.27. The van der Waals surface area contributed by atoms with E-state index in [0.29, 0.717) is 18.4 Å². The zero-order valence-corrected chi connectivity index (χ0v) is 12.3. The number of thiazole rings is 1. The summed E-state index contributed by atoms with van der Waals surface area (Å²) in [6.07, 6.45) is 3.54. The highest BCUT2D eigenvalue weighted by Gasteiger charge is 2.48. The van der Waals surface area contributed by atoms with Gasteiger partial charge in [-0.2, -0.15) is 0 Å². The Morgan fingerprint density at radius 1 is 1.42 bits per heavy atom. The topological polar surface area (TPSA) is 68.0 Å². The zero-order valence-electron chi connectivity index (χ0n) is 11.5. The van der Waals surface area contributed by atoms with Crippen LogP contribution in [0.4, 0.5) is 0 Å². The lowest BCUT2D eigenvalue weighted by Crippen LogP contribution is -2.45. The van der Waals surface area contributed by atoms with Gasteiger partial charge in [-0.05, 0) is 44.9 Å². The Labute approximate surface area is 117 Å². The van der Waals surface area contributed by atoms with Gasteiger partial charge < -0.3 is 11.1 Å². The summed E-state index contributed by atoms with van der Waals surface area (Å²) >= 11 is 1.66. The van der Waals surface area contributed by atoms with E-state index in [9.17, 15) is 4.79 Å². The molecule has 0 radical (unpaired) electrons. The van der Waals surface area contributed by atoms with Crippen LogP contribution >= 0.6 is 11.3 Å². The highest BCUT2D eigenvalue weighted by Crippen LogP contribution is 2.47. The molecule has 2 aliphatic rings. The van der Waals surface area contributed by atoms with Crippen molar-refractivity contribution in [2.75, 3.05) is 0 Å². The molecule has 2 saturated carbocycles. The number of carbonyl (C=O) groups is 1. The minimum absolute atomic E-state index is 0.0353. The van der Waals surface area contributed by atoms with Gasteiger partial charge in [-0.3, -0.25) is 4.79 Å². The maximum absolute atomic E-state index is 12.3. The standard InChI is InChI=1S/C14H21N3OS/c1-7-11(19-8(2)17-7)6-16-14(18)12-9-3-4-10(5-9)13(12)15/h9-10,12-13H,3-6,15H2,1-2H3,(H,16,18). The van der Waals surface area contributed by atoms with Crippen LogP contribution in [-0.4, -0.2) is 16.9 Å². The van der Waals surface area contributed by atoms with Gasteiger partial charge in [0.25, 0.3) is 0 Å². The largest absolute Gasteiger partial charge is 0.351 e. The van der Waals surface area contributed by atoms with E-state index >= 15 is 0 Å². The number of hydrogen-bond donors (Lipinski definition) is 2. The van der Waals surface area contributed by atoms with Crippen LogP contribution in [-0.2, 0) is 11.3 Å². The highest BCUT2D eigenvalue weighted by molar-refractivity contribution is 7.11. The van der Waals surface area contributed by atoms with E-state index < -0.39 is 0 Å². The van der Waals surface area contributed by atoms with E-state index in [1.165, 1.54) is 12.8 Å². The number of aromatic nitrogens is 1. The first kappa shape index (κ1) is 13.1. The van der Waals surface area contributed by atoms with E-state index in [1.807, 2.05) is 13.8 Å². The molecule has 4 nitrogen and oxygen atoms in total. The predicted octanol–water partition coefficient (Wildman–Crippen LogP) is 1.75. The Hall–Kier alpha value is -0.940. The maximum Gasteiger partial charge on any atom is 0.225 e. The quantitative estimate of drug-likeness (QED) is 0.885. The van der Waals surface area contributed by atoms with Crippen LogP contribution in [0, 0.1) is 31.6 Å². The van der Waals surface area contributed by atoms with Crippen LogP contribution in [0.15, 0.2) is 0 Å². The molecule has 104 valence electrons. The SMILES string of the molecule is Cc1nc(C)c(CNC(=O)C2C3CCC(C3)C2N)s1. The average molecular weight is 279 g/mol. The number of nitrogens with two attached hydrogens (primary N) is 1. The summed E-state index contributed by atoms with van der Waals surface area (Å²) < 4.78 is 0. The molecule has 0 spiro atoms. The van der Waals surface area contributed by atoms with Gasteiger partial charge in [0.05, 0.1) is 23.2 Å². The van der Waals surface area contributed by atoms with Gasteiger partial charge in [0, 0.05) is 10.9 Å². The first-order chi connectivity index (χ1) is 9.06. The van der Waals surface area contributed by atoms with Crippen LogP contribution in [0.2, 0.25) is 0 Å². The molecule has 2 fully saturated rings. The molecule has 4 unspecified atom stereocenters. The Morgan fingerprint density at radius 2 is 2.16 bits per heavy atom. The minimum Gasteiger partial charge on any atom is -0.351 e. The number of nitrogens with zero attached hydrogens (tertiary/aromatic N) is 1. The van der Waals surface area contributed by atoms with Crippen molar-refractivity contribution >= 4 is 17.2 Å². The zero-order chi connectivity index (χ0) is 13.6. The maximum atomic E-state index is 12.3. The molecule has 1 heterocycles. The van der Waals surface area contributed by atoms with Crippen LogP contribution < -0.4 is 11.1 Å². The van der Waals surface area contributed by atoms with Gasteiger partial charge in [-0.15, -0.1) is 11.3 Å². The third-order valence-electron chi connectivity index (χ3n) is 4.71. The molecule has 0 saturated heterocycles. The second-order valence-corrected chi connectivity index (χ2v) is 7.18. The molecular formula is C14H21N3OS. The molecule has 2 bridgehead atoms. The second-order valence-electron chi connectivity index (χ2n) is 5.90. The lowest BCUT2D eigenvalue weighted by molar-refractivity contribution is -0.127. The van der Waals surface area contributed by atoms with Gasteiger partial charge >= 0.3 is 0 Å². The van der Waals surface area contributed by atoms with Gasteiger partial charge in [-0.1, -0.05) is 0 Å². The number of hydrogen-bond acceptors (Lipinski definition) is 4.